The molecule has 1 heterocycles. The Hall–Kier alpha value is -1.32. The predicted molar refractivity (Wildman–Crippen MR) is 87.7 cm³/mol. The number of hydrogen-bond acceptors (Lipinski definition) is 2. The van der Waals surface area contributed by atoms with Crippen molar-refractivity contribution >= 4 is 15.9 Å². The normalized spacial score (nSPS) is 26.8. The molecule has 0 spiro atoms. The van der Waals surface area contributed by atoms with Crippen LogP contribution in [0.25, 0.3) is 0 Å². The minimum absolute atomic E-state index is 0.353. The lowest BCUT2D eigenvalue weighted by molar-refractivity contribution is 0.235. The van der Waals surface area contributed by atoms with Gasteiger partial charge in [0.25, 0.3) is 0 Å². The molecule has 1 saturated carbocycles. The van der Waals surface area contributed by atoms with Crippen molar-refractivity contribution in [1.82, 2.24) is 5.32 Å². The number of ether oxygens (including phenoxy) is 1. The number of para-hydroxylation sites is 1. The van der Waals surface area contributed by atoms with Crippen molar-refractivity contribution in [2.24, 2.45) is 0 Å². The molecule has 4 rings (SSSR count). The minimum Gasteiger partial charge on any atom is -0.491 e. The Bertz CT molecular complexity index is 651. The second-order valence-corrected chi connectivity index (χ2v) is 6.81. The first kappa shape index (κ1) is 13.4. The van der Waals surface area contributed by atoms with Crippen molar-refractivity contribution < 1.29 is 4.74 Å². The fourth-order valence-corrected chi connectivity index (χ4v) is 4.01. The Morgan fingerprint density at radius 2 is 1.67 bits per heavy atom. The summed E-state index contributed by atoms with van der Waals surface area (Å²) in [4.78, 5) is 0. The Morgan fingerprint density at radius 3 is 2.48 bits per heavy atom. The van der Waals surface area contributed by atoms with E-state index in [4.69, 9.17) is 4.74 Å². The summed E-state index contributed by atoms with van der Waals surface area (Å²) in [5.41, 5.74) is 2.75. The average Bonchev–Trinajstić information content (AvgIpc) is 2.87. The molecule has 1 aliphatic carbocycles. The van der Waals surface area contributed by atoms with Crippen LogP contribution in [0.15, 0.2) is 53.0 Å². The molecule has 108 valence electrons. The molecule has 0 radical (unpaired) electrons. The van der Waals surface area contributed by atoms with E-state index in [0.717, 1.165) is 12.4 Å². The second-order valence-electron chi connectivity index (χ2n) is 5.95. The zero-order valence-electron chi connectivity index (χ0n) is 11.8. The number of benzene rings is 2. The van der Waals surface area contributed by atoms with Gasteiger partial charge in [-0.1, -0.05) is 52.3 Å². The van der Waals surface area contributed by atoms with Crippen molar-refractivity contribution in [2.45, 2.75) is 30.8 Å². The maximum atomic E-state index is 5.74. The highest BCUT2D eigenvalue weighted by Crippen LogP contribution is 2.42. The molecule has 0 bridgehead atoms. The van der Waals surface area contributed by atoms with E-state index in [1.54, 1.807) is 0 Å². The topological polar surface area (TPSA) is 21.3 Å². The van der Waals surface area contributed by atoms with Crippen LogP contribution < -0.4 is 10.1 Å². The first-order chi connectivity index (χ1) is 10.3. The third-order valence-electron chi connectivity index (χ3n) is 4.62. The molecule has 2 aliphatic rings. The Kier molecular flexibility index (Phi) is 3.48. The Balaban J connectivity index is 1.39. The van der Waals surface area contributed by atoms with Crippen molar-refractivity contribution in [3.63, 3.8) is 0 Å². The SMILES string of the molecule is Brc1ccccc1C1CC(NC2COc3ccccc32)C1. The van der Waals surface area contributed by atoms with E-state index in [9.17, 15) is 0 Å². The average molecular weight is 344 g/mol. The van der Waals surface area contributed by atoms with Crippen molar-refractivity contribution in [3.8, 4) is 5.75 Å². The molecule has 0 saturated heterocycles. The summed E-state index contributed by atoms with van der Waals surface area (Å²) in [6, 6.07) is 17.9. The maximum Gasteiger partial charge on any atom is 0.124 e. The number of halogens is 1. The lowest BCUT2D eigenvalue weighted by Gasteiger charge is -2.38. The second kappa shape index (κ2) is 5.47. The van der Waals surface area contributed by atoms with Gasteiger partial charge in [0, 0.05) is 16.1 Å². The van der Waals surface area contributed by atoms with Crippen LogP contribution in [0.5, 0.6) is 5.75 Å². The van der Waals surface area contributed by atoms with E-state index < -0.39 is 0 Å². The molecular weight excluding hydrogens is 326 g/mol. The third kappa shape index (κ3) is 2.49. The summed E-state index contributed by atoms with van der Waals surface area (Å²) in [5, 5.41) is 3.75. The molecule has 1 unspecified atom stereocenters. The predicted octanol–water partition coefficient (Wildman–Crippen LogP) is 4.42. The molecule has 0 amide bonds. The molecule has 0 aromatic heterocycles. The van der Waals surface area contributed by atoms with Gasteiger partial charge in [-0.15, -0.1) is 0 Å². The van der Waals surface area contributed by atoms with Crippen LogP contribution in [0.2, 0.25) is 0 Å². The van der Waals surface area contributed by atoms with Gasteiger partial charge < -0.3 is 10.1 Å². The van der Waals surface area contributed by atoms with E-state index in [-0.39, 0.29) is 0 Å². The molecule has 2 aromatic rings. The molecule has 1 aliphatic heterocycles. The number of rotatable bonds is 3. The molecule has 2 aromatic carbocycles. The minimum atomic E-state index is 0.353. The fourth-order valence-electron chi connectivity index (χ4n) is 3.40. The lowest BCUT2D eigenvalue weighted by Crippen LogP contribution is -2.42. The van der Waals surface area contributed by atoms with E-state index in [1.165, 1.54) is 28.4 Å². The summed E-state index contributed by atoms with van der Waals surface area (Å²) < 4.78 is 6.98. The van der Waals surface area contributed by atoms with E-state index in [1.807, 2.05) is 6.07 Å². The summed E-state index contributed by atoms with van der Waals surface area (Å²) in [6.45, 7) is 0.759. The smallest absolute Gasteiger partial charge is 0.124 e. The van der Waals surface area contributed by atoms with Crippen molar-refractivity contribution in [3.05, 3.63) is 64.1 Å². The van der Waals surface area contributed by atoms with Crippen molar-refractivity contribution in [1.29, 1.82) is 0 Å². The standard InChI is InChI=1S/C18H18BrNO/c19-16-7-3-1-5-14(16)12-9-13(10-12)20-17-11-21-18-8-4-2-6-15(17)18/h1-8,12-13,17,20H,9-11H2. The molecule has 1 atom stereocenters. The first-order valence-corrected chi connectivity index (χ1v) is 8.33. The third-order valence-corrected chi connectivity index (χ3v) is 5.34. The van der Waals surface area contributed by atoms with Crippen LogP contribution in [0.4, 0.5) is 0 Å². The molecule has 1 fully saturated rings. The summed E-state index contributed by atoms with van der Waals surface area (Å²) in [7, 11) is 0. The zero-order valence-corrected chi connectivity index (χ0v) is 13.3. The van der Waals surface area contributed by atoms with Crippen LogP contribution in [-0.2, 0) is 0 Å². The van der Waals surface area contributed by atoms with Gasteiger partial charge in [0.15, 0.2) is 0 Å². The van der Waals surface area contributed by atoms with E-state index in [2.05, 4.69) is 63.7 Å². The summed E-state index contributed by atoms with van der Waals surface area (Å²) in [6.07, 6.45) is 2.42. The van der Waals surface area contributed by atoms with E-state index >= 15 is 0 Å². The van der Waals surface area contributed by atoms with Gasteiger partial charge >= 0.3 is 0 Å². The highest BCUT2D eigenvalue weighted by atomic mass is 79.9. The number of fused-ring (bicyclic) bond motifs is 1. The van der Waals surface area contributed by atoms with Crippen LogP contribution in [-0.4, -0.2) is 12.6 Å². The summed E-state index contributed by atoms with van der Waals surface area (Å²) in [5.74, 6) is 1.72. The molecule has 1 N–H and O–H groups in total. The molecule has 3 heteroatoms. The van der Waals surface area contributed by atoms with Gasteiger partial charge in [-0.05, 0) is 36.5 Å². The highest BCUT2D eigenvalue weighted by Gasteiger charge is 2.34. The fraction of sp³-hybridized carbons (Fsp3) is 0.333. The zero-order chi connectivity index (χ0) is 14.2. The molecule has 2 nitrogen and oxygen atoms in total. The van der Waals surface area contributed by atoms with Gasteiger partial charge in [0.05, 0.1) is 6.04 Å². The van der Waals surface area contributed by atoms with Crippen molar-refractivity contribution in [2.75, 3.05) is 6.61 Å². The largest absolute Gasteiger partial charge is 0.491 e. The quantitative estimate of drug-likeness (QED) is 0.890. The van der Waals surface area contributed by atoms with Gasteiger partial charge in [-0.2, -0.15) is 0 Å². The molecule has 21 heavy (non-hydrogen) atoms. The Labute approximate surface area is 133 Å². The summed E-state index contributed by atoms with van der Waals surface area (Å²) >= 11 is 3.66. The Morgan fingerprint density at radius 1 is 0.952 bits per heavy atom. The van der Waals surface area contributed by atoms with Crippen LogP contribution in [0, 0.1) is 0 Å². The van der Waals surface area contributed by atoms with Crippen LogP contribution >= 0.6 is 15.9 Å². The number of hydrogen-bond donors (Lipinski definition) is 1. The van der Waals surface area contributed by atoms with Gasteiger partial charge in [0.1, 0.15) is 12.4 Å². The maximum absolute atomic E-state index is 5.74. The monoisotopic (exact) mass is 343 g/mol. The van der Waals surface area contributed by atoms with Gasteiger partial charge in [0.2, 0.25) is 0 Å². The number of nitrogens with one attached hydrogen (secondary N) is 1. The molecular formula is C18H18BrNO. The van der Waals surface area contributed by atoms with Gasteiger partial charge in [-0.3, -0.25) is 0 Å². The highest BCUT2D eigenvalue weighted by molar-refractivity contribution is 9.10. The van der Waals surface area contributed by atoms with Gasteiger partial charge in [-0.25, -0.2) is 0 Å². The lowest BCUT2D eigenvalue weighted by atomic mass is 9.75. The van der Waals surface area contributed by atoms with Crippen LogP contribution in [0.1, 0.15) is 35.9 Å². The van der Waals surface area contributed by atoms with E-state index in [0.29, 0.717) is 18.0 Å². The van der Waals surface area contributed by atoms with Crippen LogP contribution in [0.3, 0.4) is 0 Å². The first-order valence-electron chi connectivity index (χ1n) is 7.53.